The second-order valence-electron chi connectivity index (χ2n) is 5.32. The summed E-state index contributed by atoms with van der Waals surface area (Å²) in [6.45, 7) is 0.447. The van der Waals surface area contributed by atoms with Gasteiger partial charge in [0.05, 0.1) is 32.7 Å². The molecule has 0 aliphatic carbocycles. The van der Waals surface area contributed by atoms with Gasteiger partial charge in [-0.15, -0.1) is 0 Å². The molecule has 0 saturated carbocycles. The molecule has 134 valence electrons. The molecular weight excluding hydrogens is 316 g/mol. The number of nitrogens with zero attached hydrogens (tertiary/aromatic N) is 1. The monoisotopic (exact) mass is 340 g/mol. The highest BCUT2D eigenvalue weighted by atomic mass is 16.7. The number of methoxy groups -OCH3 is 5. The zero-order chi connectivity index (χ0) is 17.9. The van der Waals surface area contributed by atoms with Crippen molar-refractivity contribution in [1.82, 2.24) is 0 Å². The fourth-order valence-corrected chi connectivity index (χ4v) is 3.17. The van der Waals surface area contributed by atoms with Crippen molar-refractivity contribution in [1.29, 1.82) is 0 Å². The number of carbonyl (C=O) groups is 1. The quantitative estimate of drug-likeness (QED) is 0.647. The third kappa shape index (κ3) is 2.94. The van der Waals surface area contributed by atoms with Crippen molar-refractivity contribution in [3.8, 4) is 11.5 Å². The molecule has 1 aromatic carbocycles. The molecule has 0 bridgehead atoms. The first-order valence-corrected chi connectivity index (χ1v) is 7.49. The lowest BCUT2D eigenvalue weighted by atomic mass is 9.87. The van der Waals surface area contributed by atoms with Crippen LogP contribution in [0.4, 0.5) is 16.2 Å². The number of nitrogens with two attached hydrogens (primary N) is 1. The second kappa shape index (κ2) is 7.59. The van der Waals surface area contributed by atoms with Crippen molar-refractivity contribution in [2.45, 2.75) is 18.6 Å². The number of fused-ring (bicyclic) bond motifs is 1. The molecule has 8 heteroatoms. The smallest absolute Gasteiger partial charge is 0.414 e. The van der Waals surface area contributed by atoms with E-state index in [-0.39, 0.29) is 5.92 Å². The summed E-state index contributed by atoms with van der Waals surface area (Å²) in [5.74, 6) is 0.698. The van der Waals surface area contributed by atoms with Crippen molar-refractivity contribution in [2.75, 3.05) is 52.7 Å². The Balaban J connectivity index is 2.68. The molecule has 1 aliphatic heterocycles. The lowest BCUT2D eigenvalue weighted by Crippen LogP contribution is -2.40. The van der Waals surface area contributed by atoms with Gasteiger partial charge >= 0.3 is 6.09 Å². The van der Waals surface area contributed by atoms with Gasteiger partial charge in [0, 0.05) is 38.3 Å². The summed E-state index contributed by atoms with van der Waals surface area (Å²) in [6, 6.07) is 1.72. The fourth-order valence-electron chi connectivity index (χ4n) is 3.17. The predicted octanol–water partition coefficient (Wildman–Crippen LogP) is 1.96. The summed E-state index contributed by atoms with van der Waals surface area (Å²) in [6.07, 6.45) is -0.356. The molecule has 2 rings (SSSR count). The van der Waals surface area contributed by atoms with Gasteiger partial charge in [-0.05, 0) is 6.42 Å². The molecule has 0 spiro atoms. The Kier molecular flexibility index (Phi) is 5.74. The van der Waals surface area contributed by atoms with Gasteiger partial charge in [-0.2, -0.15) is 0 Å². The number of rotatable bonds is 5. The summed E-state index contributed by atoms with van der Waals surface area (Å²) in [4.78, 5) is 13.7. The zero-order valence-electron chi connectivity index (χ0n) is 14.6. The van der Waals surface area contributed by atoms with E-state index in [1.165, 1.54) is 26.2 Å². The number of hydrogen-bond acceptors (Lipinski definition) is 7. The van der Waals surface area contributed by atoms with Crippen molar-refractivity contribution in [3.63, 3.8) is 0 Å². The third-order valence-electron chi connectivity index (χ3n) is 4.24. The van der Waals surface area contributed by atoms with Crippen molar-refractivity contribution < 1.29 is 28.5 Å². The van der Waals surface area contributed by atoms with E-state index in [4.69, 9.17) is 29.4 Å². The maximum absolute atomic E-state index is 12.1. The maximum atomic E-state index is 12.1. The largest absolute Gasteiger partial charge is 0.493 e. The van der Waals surface area contributed by atoms with Crippen LogP contribution in [0.2, 0.25) is 0 Å². The molecule has 24 heavy (non-hydrogen) atoms. The molecule has 1 amide bonds. The average Bonchev–Trinajstić information content (AvgIpc) is 2.61. The first-order chi connectivity index (χ1) is 11.5. The molecule has 1 unspecified atom stereocenters. The van der Waals surface area contributed by atoms with Gasteiger partial charge in [0.15, 0.2) is 17.8 Å². The molecule has 1 aromatic rings. The van der Waals surface area contributed by atoms with Gasteiger partial charge in [-0.1, -0.05) is 0 Å². The van der Waals surface area contributed by atoms with E-state index >= 15 is 0 Å². The number of benzene rings is 1. The highest BCUT2D eigenvalue weighted by Crippen LogP contribution is 2.49. The van der Waals surface area contributed by atoms with E-state index in [1.54, 1.807) is 20.3 Å². The second-order valence-corrected chi connectivity index (χ2v) is 5.32. The van der Waals surface area contributed by atoms with Gasteiger partial charge in [0.2, 0.25) is 0 Å². The Morgan fingerprint density at radius 1 is 1.21 bits per heavy atom. The van der Waals surface area contributed by atoms with Crippen molar-refractivity contribution in [2.24, 2.45) is 0 Å². The summed E-state index contributed by atoms with van der Waals surface area (Å²) in [5.41, 5.74) is 8.06. The molecule has 1 heterocycles. The lowest BCUT2D eigenvalue weighted by molar-refractivity contribution is -0.119. The molecule has 0 aromatic heterocycles. The summed E-state index contributed by atoms with van der Waals surface area (Å²) < 4.78 is 26.4. The minimum absolute atomic E-state index is 0.157. The van der Waals surface area contributed by atoms with Gasteiger partial charge in [-0.3, -0.25) is 4.90 Å². The Labute approximate surface area is 141 Å². The maximum Gasteiger partial charge on any atom is 0.414 e. The van der Waals surface area contributed by atoms with E-state index < -0.39 is 12.4 Å². The first-order valence-electron chi connectivity index (χ1n) is 7.49. The predicted molar refractivity (Wildman–Crippen MR) is 88.9 cm³/mol. The fraction of sp³-hybridized carbons (Fsp3) is 0.562. The van der Waals surface area contributed by atoms with E-state index in [2.05, 4.69) is 0 Å². The summed E-state index contributed by atoms with van der Waals surface area (Å²) in [5, 5.41) is 0. The third-order valence-corrected chi connectivity index (χ3v) is 4.24. The number of amides is 1. The summed E-state index contributed by atoms with van der Waals surface area (Å²) in [7, 11) is 7.50. The molecule has 0 radical (unpaired) electrons. The van der Waals surface area contributed by atoms with Crippen LogP contribution in [0.25, 0.3) is 0 Å². The lowest BCUT2D eigenvalue weighted by Gasteiger charge is -2.37. The van der Waals surface area contributed by atoms with Crippen molar-refractivity contribution >= 4 is 17.5 Å². The van der Waals surface area contributed by atoms with Gasteiger partial charge in [0.25, 0.3) is 0 Å². The highest BCUT2D eigenvalue weighted by molar-refractivity contribution is 5.92. The summed E-state index contributed by atoms with van der Waals surface area (Å²) >= 11 is 0. The SMILES string of the molecule is COC(=O)N1CCC(C(OC)OC)c2c1cc(OC)c(OC)c2N. The average molecular weight is 340 g/mol. The number of anilines is 2. The number of hydrogen-bond donors (Lipinski definition) is 1. The van der Waals surface area contributed by atoms with E-state index in [0.717, 1.165) is 5.56 Å². The van der Waals surface area contributed by atoms with Crippen LogP contribution in [-0.4, -0.2) is 54.5 Å². The Morgan fingerprint density at radius 2 is 1.88 bits per heavy atom. The van der Waals surface area contributed by atoms with E-state index in [1.807, 2.05) is 0 Å². The van der Waals surface area contributed by atoms with Crippen LogP contribution in [-0.2, 0) is 14.2 Å². The van der Waals surface area contributed by atoms with Crippen LogP contribution in [0.5, 0.6) is 11.5 Å². The highest BCUT2D eigenvalue weighted by Gasteiger charge is 2.37. The standard InChI is InChI=1S/C16H24N2O6/c1-20-11-8-10-12(13(17)14(11)21-2)9(15(22-3)23-4)6-7-18(10)16(19)24-5/h8-9,15H,6-7,17H2,1-5H3. The first kappa shape index (κ1) is 18.2. The Hall–Kier alpha value is -2.19. The number of ether oxygens (including phenoxy) is 5. The van der Waals surface area contributed by atoms with Crippen LogP contribution >= 0.6 is 0 Å². The number of carbonyl (C=O) groups excluding carboxylic acids is 1. The van der Waals surface area contributed by atoms with Gasteiger partial charge in [-0.25, -0.2) is 4.79 Å². The minimum atomic E-state index is -0.496. The Morgan fingerprint density at radius 3 is 2.38 bits per heavy atom. The molecule has 2 N–H and O–H groups in total. The topological polar surface area (TPSA) is 92.5 Å². The molecular formula is C16H24N2O6. The van der Waals surface area contributed by atoms with Gasteiger partial charge in [0.1, 0.15) is 0 Å². The van der Waals surface area contributed by atoms with Crippen LogP contribution < -0.4 is 20.1 Å². The van der Waals surface area contributed by atoms with Crippen LogP contribution in [0.3, 0.4) is 0 Å². The van der Waals surface area contributed by atoms with E-state index in [0.29, 0.717) is 35.8 Å². The van der Waals surface area contributed by atoms with E-state index in [9.17, 15) is 4.79 Å². The van der Waals surface area contributed by atoms with Crippen LogP contribution in [0, 0.1) is 0 Å². The molecule has 1 atom stereocenters. The molecule has 0 saturated heterocycles. The Bertz CT molecular complexity index is 603. The normalized spacial score (nSPS) is 16.8. The molecule has 1 aliphatic rings. The van der Waals surface area contributed by atoms with Crippen molar-refractivity contribution in [3.05, 3.63) is 11.6 Å². The molecule has 0 fully saturated rings. The van der Waals surface area contributed by atoms with Crippen LogP contribution in [0.1, 0.15) is 17.9 Å². The minimum Gasteiger partial charge on any atom is -0.493 e. The van der Waals surface area contributed by atoms with Crippen LogP contribution in [0.15, 0.2) is 6.07 Å². The molecule has 8 nitrogen and oxygen atoms in total. The van der Waals surface area contributed by atoms with Gasteiger partial charge < -0.3 is 29.4 Å². The number of nitrogen functional groups attached to an aromatic ring is 1. The zero-order valence-corrected chi connectivity index (χ0v) is 14.6.